The summed E-state index contributed by atoms with van der Waals surface area (Å²) in [7, 11) is 3.90. The monoisotopic (exact) mass is 464 g/mol. The minimum Gasteiger partial charge on any atom is -0.350 e. The number of hydrogen-bond donors (Lipinski definition) is 3. The maximum atomic E-state index is 13.4. The average molecular weight is 465 g/mol. The molecule has 0 aliphatic heterocycles. The highest BCUT2D eigenvalue weighted by Crippen LogP contribution is 2.28. The van der Waals surface area contributed by atoms with E-state index in [9.17, 15) is 9.59 Å². The summed E-state index contributed by atoms with van der Waals surface area (Å²) in [5.41, 5.74) is 8.74. The molecule has 3 rings (SSSR count). The van der Waals surface area contributed by atoms with E-state index in [4.69, 9.17) is 5.73 Å². The van der Waals surface area contributed by atoms with E-state index >= 15 is 0 Å². The lowest BCUT2D eigenvalue weighted by atomic mass is 9.84. The minimum atomic E-state index is -0.632. The second-order valence-corrected chi connectivity index (χ2v) is 9.71. The molecule has 0 spiro atoms. The zero-order valence-corrected chi connectivity index (χ0v) is 20.6. The number of nitrogens with one attached hydrogen (secondary N) is 2. The summed E-state index contributed by atoms with van der Waals surface area (Å²) >= 11 is 0. The van der Waals surface area contributed by atoms with Crippen molar-refractivity contribution in [1.29, 1.82) is 0 Å². The molecule has 1 aliphatic rings. The number of carbonyl (C=O) groups excluding carboxylic acids is 2. The molecular weight excluding hydrogens is 424 g/mol. The molecule has 0 saturated heterocycles. The van der Waals surface area contributed by atoms with E-state index in [1.807, 2.05) is 73.6 Å². The summed E-state index contributed by atoms with van der Waals surface area (Å²) in [6.45, 7) is 0.899. The van der Waals surface area contributed by atoms with Gasteiger partial charge in [-0.25, -0.2) is 0 Å². The highest BCUT2D eigenvalue weighted by molar-refractivity contribution is 5.90. The Morgan fingerprint density at radius 3 is 2.18 bits per heavy atom. The number of likely N-dealkylation sites (N-methyl/N-ethyl adjacent to an activating group) is 1. The molecule has 2 unspecified atom stereocenters. The topological polar surface area (TPSA) is 87.5 Å². The maximum Gasteiger partial charge on any atom is 0.243 e. The van der Waals surface area contributed by atoms with Crippen molar-refractivity contribution in [3.8, 4) is 0 Å². The van der Waals surface area contributed by atoms with E-state index in [2.05, 4.69) is 10.6 Å². The standard InChI is InChI=1S/C28H40N4O2/c1-32(2)26(18-22-11-7-4-8-12-22)28(34)31-25(17-21-9-5-3-6-10-21)27(33)30-20-24-15-13-23(19-29)14-16-24/h3,5-6,9-10,13-16,22,25-26H,4,7-8,11-12,17-20,29H2,1-2H3,(H,30,33)(H,31,34). The smallest absolute Gasteiger partial charge is 0.243 e. The lowest BCUT2D eigenvalue weighted by molar-refractivity contribution is -0.132. The molecule has 0 bridgehead atoms. The van der Waals surface area contributed by atoms with Crippen molar-refractivity contribution in [3.05, 3.63) is 71.3 Å². The van der Waals surface area contributed by atoms with E-state index < -0.39 is 6.04 Å². The molecule has 0 radical (unpaired) electrons. The van der Waals surface area contributed by atoms with Crippen LogP contribution in [-0.4, -0.2) is 42.9 Å². The van der Waals surface area contributed by atoms with E-state index in [-0.39, 0.29) is 17.9 Å². The summed E-state index contributed by atoms with van der Waals surface area (Å²) in [6.07, 6.45) is 7.46. The number of rotatable bonds is 11. The molecule has 184 valence electrons. The molecule has 6 heteroatoms. The van der Waals surface area contributed by atoms with Gasteiger partial charge in [0.15, 0.2) is 0 Å². The largest absolute Gasteiger partial charge is 0.350 e. The van der Waals surface area contributed by atoms with Crippen molar-refractivity contribution in [3.63, 3.8) is 0 Å². The molecule has 34 heavy (non-hydrogen) atoms. The van der Waals surface area contributed by atoms with Crippen LogP contribution in [0.2, 0.25) is 0 Å². The number of benzene rings is 2. The molecular formula is C28H40N4O2. The Morgan fingerprint density at radius 1 is 0.912 bits per heavy atom. The Kier molecular flexibility index (Phi) is 10.1. The van der Waals surface area contributed by atoms with Crippen LogP contribution in [0.25, 0.3) is 0 Å². The first-order valence-corrected chi connectivity index (χ1v) is 12.5. The second-order valence-electron chi connectivity index (χ2n) is 9.71. The Morgan fingerprint density at radius 2 is 1.56 bits per heavy atom. The van der Waals surface area contributed by atoms with Crippen molar-refractivity contribution in [1.82, 2.24) is 15.5 Å². The lowest BCUT2D eigenvalue weighted by Gasteiger charge is -2.31. The summed E-state index contributed by atoms with van der Waals surface area (Å²) in [4.78, 5) is 28.6. The third-order valence-corrected chi connectivity index (χ3v) is 6.85. The fraction of sp³-hybridized carbons (Fsp3) is 0.500. The Hall–Kier alpha value is -2.70. The van der Waals surface area contributed by atoms with Gasteiger partial charge in [0.25, 0.3) is 0 Å². The summed E-state index contributed by atoms with van der Waals surface area (Å²) in [6, 6.07) is 16.9. The van der Waals surface area contributed by atoms with Gasteiger partial charge >= 0.3 is 0 Å². The summed E-state index contributed by atoms with van der Waals surface area (Å²) in [5, 5.41) is 6.09. The van der Waals surface area contributed by atoms with Crippen LogP contribution in [-0.2, 0) is 29.1 Å². The second kappa shape index (κ2) is 13.3. The van der Waals surface area contributed by atoms with Crippen LogP contribution >= 0.6 is 0 Å². The summed E-state index contributed by atoms with van der Waals surface area (Å²) < 4.78 is 0. The molecule has 2 atom stereocenters. The zero-order chi connectivity index (χ0) is 24.3. The van der Waals surface area contributed by atoms with Gasteiger partial charge in [0.2, 0.25) is 11.8 Å². The van der Waals surface area contributed by atoms with Crippen LogP contribution < -0.4 is 16.4 Å². The molecule has 4 N–H and O–H groups in total. The van der Waals surface area contributed by atoms with Gasteiger partial charge < -0.3 is 16.4 Å². The van der Waals surface area contributed by atoms with Crippen molar-refractivity contribution < 1.29 is 9.59 Å². The van der Waals surface area contributed by atoms with Crippen LogP contribution in [0.5, 0.6) is 0 Å². The predicted octanol–water partition coefficient (Wildman–Crippen LogP) is 3.39. The van der Waals surface area contributed by atoms with Crippen molar-refractivity contribution in [2.45, 2.75) is 70.1 Å². The zero-order valence-electron chi connectivity index (χ0n) is 20.6. The number of carbonyl (C=O) groups is 2. The Balaban J connectivity index is 1.67. The molecule has 2 aromatic rings. The fourth-order valence-corrected chi connectivity index (χ4v) is 4.72. The van der Waals surface area contributed by atoms with E-state index in [0.717, 1.165) is 23.1 Å². The number of nitrogens with zero attached hydrogens (tertiary/aromatic N) is 1. The molecule has 6 nitrogen and oxygen atoms in total. The van der Waals surface area contributed by atoms with E-state index in [1.165, 1.54) is 32.1 Å². The van der Waals surface area contributed by atoms with Crippen molar-refractivity contribution in [2.75, 3.05) is 14.1 Å². The van der Waals surface area contributed by atoms with Gasteiger partial charge in [-0.15, -0.1) is 0 Å². The van der Waals surface area contributed by atoms with Crippen LogP contribution in [0.1, 0.15) is 55.2 Å². The van der Waals surface area contributed by atoms with Crippen molar-refractivity contribution >= 4 is 11.8 Å². The number of nitrogens with two attached hydrogens (primary N) is 1. The fourth-order valence-electron chi connectivity index (χ4n) is 4.72. The van der Waals surface area contributed by atoms with Gasteiger partial charge in [-0.3, -0.25) is 14.5 Å². The van der Waals surface area contributed by atoms with Gasteiger partial charge in [-0.05, 0) is 43.1 Å². The van der Waals surface area contributed by atoms with Gasteiger partial charge in [-0.1, -0.05) is 86.7 Å². The van der Waals surface area contributed by atoms with E-state index in [1.54, 1.807) is 0 Å². The molecule has 2 aromatic carbocycles. The third kappa shape index (κ3) is 7.96. The quantitative estimate of drug-likeness (QED) is 0.476. The molecule has 1 saturated carbocycles. The molecule has 2 amide bonds. The first kappa shape index (κ1) is 25.9. The van der Waals surface area contributed by atoms with Gasteiger partial charge in [0.1, 0.15) is 6.04 Å². The number of hydrogen-bond acceptors (Lipinski definition) is 4. The minimum absolute atomic E-state index is 0.0704. The summed E-state index contributed by atoms with van der Waals surface area (Å²) in [5.74, 6) is 0.332. The Bertz CT molecular complexity index is 892. The van der Waals surface area contributed by atoms with Crippen LogP contribution in [0.4, 0.5) is 0 Å². The molecule has 1 fully saturated rings. The number of amides is 2. The first-order valence-electron chi connectivity index (χ1n) is 12.5. The van der Waals surface area contributed by atoms with Crippen LogP contribution in [0.15, 0.2) is 54.6 Å². The maximum absolute atomic E-state index is 13.4. The average Bonchev–Trinajstić information content (AvgIpc) is 2.86. The molecule has 0 aromatic heterocycles. The van der Waals surface area contributed by atoms with Crippen LogP contribution in [0.3, 0.4) is 0 Å². The molecule has 0 heterocycles. The Labute approximate surface area is 204 Å². The molecule has 1 aliphatic carbocycles. The van der Waals surface area contributed by atoms with Gasteiger partial charge in [0.05, 0.1) is 6.04 Å². The SMILES string of the molecule is CN(C)C(CC1CCCCC1)C(=O)NC(Cc1ccccc1)C(=O)NCc1ccc(CN)cc1. The van der Waals surface area contributed by atoms with Crippen molar-refractivity contribution in [2.24, 2.45) is 11.7 Å². The van der Waals surface area contributed by atoms with Gasteiger partial charge in [-0.2, -0.15) is 0 Å². The first-order chi connectivity index (χ1) is 16.5. The van der Waals surface area contributed by atoms with Gasteiger partial charge in [0, 0.05) is 19.5 Å². The van der Waals surface area contributed by atoms with E-state index in [0.29, 0.717) is 25.4 Å². The van der Waals surface area contributed by atoms with Crippen LogP contribution in [0, 0.1) is 5.92 Å². The highest BCUT2D eigenvalue weighted by Gasteiger charge is 2.29. The lowest BCUT2D eigenvalue weighted by Crippen LogP contribution is -2.53. The predicted molar refractivity (Wildman–Crippen MR) is 137 cm³/mol. The normalized spacial score (nSPS) is 16.1. The third-order valence-electron chi connectivity index (χ3n) is 6.85. The highest BCUT2D eigenvalue weighted by atomic mass is 16.2.